The van der Waals surface area contributed by atoms with Gasteiger partial charge in [-0.3, -0.25) is 14.8 Å². The number of nitro groups is 1. The van der Waals surface area contributed by atoms with Crippen LogP contribution in [0.1, 0.15) is 0 Å². The van der Waals surface area contributed by atoms with Gasteiger partial charge in [0.1, 0.15) is 11.4 Å². The first-order valence-electron chi connectivity index (χ1n) is 10.1. The number of nitrogens with zero attached hydrogens (tertiary/aromatic N) is 1. The third kappa shape index (κ3) is 5.00. The summed E-state index contributed by atoms with van der Waals surface area (Å²) < 4.78 is 39.1. The Kier molecular flexibility index (Phi) is 6.46. The van der Waals surface area contributed by atoms with Crippen molar-refractivity contribution in [3.05, 3.63) is 107 Å². The summed E-state index contributed by atoms with van der Waals surface area (Å²) in [7, 11) is -2.56. The van der Waals surface area contributed by atoms with Crippen LogP contribution in [-0.4, -0.2) is 20.5 Å². The van der Waals surface area contributed by atoms with E-state index in [4.69, 9.17) is 9.47 Å². The van der Waals surface area contributed by atoms with Crippen LogP contribution in [0.15, 0.2) is 102 Å². The second kappa shape index (κ2) is 9.63. The van der Waals surface area contributed by atoms with Crippen molar-refractivity contribution in [2.75, 3.05) is 11.8 Å². The van der Waals surface area contributed by atoms with Gasteiger partial charge >= 0.3 is 0 Å². The molecule has 4 aromatic carbocycles. The SMILES string of the molecule is COc1ccccc1Oc1ccc(S(=O)(=O)Nc2ccc(-c3ccccc3)cc2[N+](=O)[O-])cc1. The lowest BCUT2D eigenvalue weighted by Crippen LogP contribution is -2.14. The molecule has 172 valence electrons. The van der Waals surface area contributed by atoms with Crippen LogP contribution >= 0.6 is 0 Å². The van der Waals surface area contributed by atoms with Crippen molar-refractivity contribution < 1.29 is 22.8 Å². The van der Waals surface area contributed by atoms with Crippen molar-refractivity contribution >= 4 is 21.4 Å². The van der Waals surface area contributed by atoms with Gasteiger partial charge in [-0.05, 0) is 53.6 Å². The highest BCUT2D eigenvalue weighted by Gasteiger charge is 2.22. The molecular formula is C25H20N2O6S. The number of nitrogens with one attached hydrogen (secondary N) is 1. The number of benzene rings is 4. The van der Waals surface area contributed by atoms with Gasteiger partial charge in [-0.1, -0.05) is 48.5 Å². The van der Waals surface area contributed by atoms with E-state index in [0.29, 0.717) is 22.8 Å². The molecule has 9 heteroatoms. The van der Waals surface area contributed by atoms with Gasteiger partial charge in [-0.25, -0.2) is 8.42 Å². The summed E-state index contributed by atoms with van der Waals surface area (Å²) in [4.78, 5) is 11.0. The standard InChI is InChI=1S/C25H20N2O6S/c1-32-24-9-5-6-10-25(24)33-20-12-14-21(15-13-20)34(30,31)26-22-16-11-19(17-23(22)27(28)29)18-7-3-2-4-8-18/h2-17,26H,1H3. The Morgan fingerprint density at radius 1 is 0.794 bits per heavy atom. The third-order valence-electron chi connectivity index (χ3n) is 4.98. The second-order valence-corrected chi connectivity index (χ2v) is 8.87. The van der Waals surface area contributed by atoms with Gasteiger partial charge in [-0.2, -0.15) is 0 Å². The molecule has 34 heavy (non-hydrogen) atoms. The normalized spacial score (nSPS) is 11.0. The molecule has 0 aliphatic heterocycles. The number of hydrogen-bond donors (Lipinski definition) is 1. The highest BCUT2D eigenvalue weighted by Crippen LogP contribution is 2.33. The zero-order valence-electron chi connectivity index (χ0n) is 18.0. The van der Waals surface area contributed by atoms with E-state index in [-0.39, 0.29) is 16.3 Å². The summed E-state index contributed by atoms with van der Waals surface area (Å²) in [6.45, 7) is 0. The fourth-order valence-corrected chi connectivity index (χ4v) is 4.37. The maximum atomic E-state index is 12.9. The van der Waals surface area contributed by atoms with Crippen LogP contribution in [0, 0.1) is 10.1 Å². The van der Waals surface area contributed by atoms with Crippen LogP contribution in [-0.2, 0) is 10.0 Å². The van der Waals surface area contributed by atoms with Crippen LogP contribution in [0.25, 0.3) is 11.1 Å². The van der Waals surface area contributed by atoms with Crippen LogP contribution in [0.5, 0.6) is 17.2 Å². The summed E-state index contributed by atoms with van der Waals surface area (Å²) in [5.41, 5.74) is 0.916. The molecule has 0 amide bonds. The number of anilines is 1. The third-order valence-corrected chi connectivity index (χ3v) is 6.36. The molecular weight excluding hydrogens is 456 g/mol. The molecule has 0 aliphatic rings. The Hall–Kier alpha value is -4.37. The molecule has 0 unspecified atom stereocenters. The van der Waals surface area contributed by atoms with Crippen molar-refractivity contribution in [3.8, 4) is 28.4 Å². The first-order valence-corrected chi connectivity index (χ1v) is 11.6. The number of para-hydroxylation sites is 2. The fourth-order valence-electron chi connectivity index (χ4n) is 3.30. The van der Waals surface area contributed by atoms with Crippen LogP contribution in [0.3, 0.4) is 0 Å². The first-order chi connectivity index (χ1) is 16.4. The lowest BCUT2D eigenvalue weighted by molar-refractivity contribution is -0.383. The molecule has 0 saturated heterocycles. The quantitative estimate of drug-likeness (QED) is 0.252. The first kappa shape index (κ1) is 22.8. The molecule has 4 aromatic rings. The maximum absolute atomic E-state index is 12.9. The molecule has 0 atom stereocenters. The summed E-state index contributed by atoms with van der Waals surface area (Å²) in [6.07, 6.45) is 0. The van der Waals surface area contributed by atoms with E-state index >= 15 is 0 Å². The molecule has 8 nitrogen and oxygen atoms in total. The molecule has 0 fully saturated rings. The van der Waals surface area contributed by atoms with Crippen LogP contribution < -0.4 is 14.2 Å². The van der Waals surface area contributed by atoms with E-state index in [1.54, 1.807) is 30.3 Å². The lowest BCUT2D eigenvalue weighted by Gasteiger charge is -2.12. The fraction of sp³-hybridized carbons (Fsp3) is 0.0400. The minimum absolute atomic E-state index is 0.0682. The van der Waals surface area contributed by atoms with Crippen molar-refractivity contribution in [2.45, 2.75) is 4.90 Å². The van der Waals surface area contributed by atoms with Gasteiger partial charge in [-0.15, -0.1) is 0 Å². The van der Waals surface area contributed by atoms with Gasteiger partial charge < -0.3 is 9.47 Å². The maximum Gasteiger partial charge on any atom is 0.293 e. The van der Waals surface area contributed by atoms with E-state index < -0.39 is 14.9 Å². The Balaban J connectivity index is 1.57. The zero-order valence-corrected chi connectivity index (χ0v) is 18.9. The second-order valence-electron chi connectivity index (χ2n) is 7.18. The van der Waals surface area contributed by atoms with Crippen molar-refractivity contribution in [1.82, 2.24) is 0 Å². The predicted molar refractivity (Wildman–Crippen MR) is 129 cm³/mol. The summed E-state index contributed by atoms with van der Waals surface area (Å²) in [6, 6.07) is 26.2. The molecule has 0 saturated carbocycles. The molecule has 0 radical (unpaired) electrons. The highest BCUT2D eigenvalue weighted by atomic mass is 32.2. The average molecular weight is 477 g/mol. The van der Waals surface area contributed by atoms with E-state index in [1.165, 1.54) is 43.5 Å². The Morgan fingerprint density at radius 2 is 1.44 bits per heavy atom. The smallest absolute Gasteiger partial charge is 0.293 e. The van der Waals surface area contributed by atoms with Crippen molar-refractivity contribution in [2.24, 2.45) is 0 Å². The van der Waals surface area contributed by atoms with Crippen molar-refractivity contribution in [1.29, 1.82) is 0 Å². The number of hydrogen-bond acceptors (Lipinski definition) is 6. The minimum atomic E-state index is -4.08. The molecule has 1 N–H and O–H groups in total. The minimum Gasteiger partial charge on any atom is -0.493 e. The zero-order chi connectivity index (χ0) is 24.1. The summed E-state index contributed by atoms with van der Waals surface area (Å²) in [5, 5.41) is 11.6. The molecule has 0 spiro atoms. The van der Waals surface area contributed by atoms with Crippen molar-refractivity contribution in [3.63, 3.8) is 0 Å². The van der Waals surface area contributed by atoms with Gasteiger partial charge in [0.25, 0.3) is 15.7 Å². The van der Waals surface area contributed by atoms with Crippen LogP contribution in [0.4, 0.5) is 11.4 Å². The van der Waals surface area contributed by atoms with Gasteiger partial charge in [0.05, 0.1) is 16.9 Å². The van der Waals surface area contributed by atoms with Gasteiger partial charge in [0, 0.05) is 6.07 Å². The molecule has 0 heterocycles. The van der Waals surface area contributed by atoms with E-state index in [9.17, 15) is 18.5 Å². The van der Waals surface area contributed by atoms with Crippen LogP contribution in [0.2, 0.25) is 0 Å². The summed E-state index contributed by atoms with van der Waals surface area (Å²) >= 11 is 0. The molecule has 0 bridgehead atoms. The van der Waals surface area contributed by atoms with Gasteiger partial charge in [0.15, 0.2) is 11.5 Å². The lowest BCUT2D eigenvalue weighted by atomic mass is 10.0. The Labute approximate surface area is 196 Å². The molecule has 4 rings (SSSR count). The number of nitro benzene ring substituents is 1. The number of methoxy groups -OCH3 is 1. The van der Waals surface area contributed by atoms with Gasteiger partial charge in [0.2, 0.25) is 0 Å². The number of rotatable bonds is 8. The summed E-state index contributed by atoms with van der Waals surface area (Å²) in [5.74, 6) is 1.42. The topological polar surface area (TPSA) is 108 Å². The number of ether oxygens (including phenoxy) is 2. The monoisotopic (exact) mass is 476 g/mol. The van der Waals surface area contributed by atoms with E-state index in [0.717, 1.165) is 5.56 Å². The largest absolute Gasteiger partial charge is 0.493 e. The average Bonchev–Trinajstić information content (AvgIpc) is 2.85. The predicted octanol–water partition coefficient (Wildman–Crippen LogP) is 5.86. The Bertz CT molecular complexity index is 1420. The molecule has 0 aromatic heterocycles. The highest BCUT2D eigenvalue weighted by molar-refractivity contribution is 7.92. The van der Waals surface area contributed by atoms with E-state index in [1.807, 2.05) is 30.3 Å². The Morgan fingerprint density at radius 3 is 2.09 bits per heavy atom. The number of sulfonamides is 1. The van der Waals surface area contributed by atoms with E-state index in [2.05, 4.69) is 4.72 Å². The molecule has 0 aliphatic carbocycles.